The summed E-state index contributed by atoms with van der Waals surface area (Å²) in [4.78, 5) is 0. The second kappa shape index (κ2) is 7.74. The van der Waals surface area contributed by atoms with E-state index < -0.39 is 0 Å². The maximum atomic E-state index is 5.49. The molecule has 0 fully saturated rings. The van der Waals surface area contributed by atoms with Gasteiger partial charge in [0, 0.05) is 12.3 Å². The van der Waals surface area contributed by atoms with Gasteiger partial charge in [-0.1, -0.05) is 26.7 Å². The van der Waals surface area contributed by atoms with Gasteiger partial charge >= 0.3 is 0 Å². The monoisotopic (exact) mass is 241 g/mol. The second-order valence-electron chi connectivity index (χ2n) is 4.20. The van der Waals surface area contributed by atoms with Crippen molar-refractivity contribution in [1.82, 2.24) is 10.2 Å². The third-order valence-corrected chi connectivity index (χ3v) is 3.85. The zero-order chi connectivity index (χ0) is 11.8. The highest BCUT2D eigenvalue weighted by Gasteiger charge is 2.14. The Kier molecular flexibility index (Phi) is 6.57. The van der Waals surface area contributed by atoms with Crippen LogP contribution in [0.1, 0.15) is 61.9 Å². The highest BCUT2D eigenvalue weighted by atomic mass is 32.1. The lowest BCUT2D eigenvalue weighted by atomic mass is 9.99. The van der Waals surface area contributed by atoms with Crippen LogP contribution < -0.4 is 5.73 Å². The van der Waals surface area contributed by atoms with Gasteiger partial charge in [-0.25, -0.2) is 0 Å². The van der Waals surface area contributed by atoms with Gasteiger partial charge in [-0.05, 0) is 25.8 Å². The van der Waals surface area contributed by atoms with Crippen LogP contribution in [0.2, 0.25) is 0 Å². The van der Waals surface area contributed by atoms with Crippen LogP contribution in [0.4, 0.5) is 0 Å². The molecule has 1 aromatic heterocycles. The van der Waals surface area contributed by atoms with Crippen molar-refractivity contribution < 1.29 is 0 Å². The first kappa shape index (κ1) is 13.6. The third-order valence-electron chi connectivity index (χ3n) is 2.70. The summed E-state index contributed by atoms with van der Waals surface area (Å²) < 4.78 is 0. The highest BCUT2D eigenvalue weighted by molar-refractivity contribution is 7.11. The van der Waals surface area contributed by atoms with Crippen LogP contribution >= 0.6 is 11.3 Å². The topological polar surface area (TPSA) is 51.8 Å². The number of nitrogens with two attached hydrogens (primary N) is 1. The molecule has 1 rings (SSSR count). The average molecular weight is 241 g/mol. The highest BCUT2D eigenvalue weighted by Crippen LogP contribution is 2.28. The van der Waals surface area contributed by atoms with E-state index in [-0.39, 0.29) is 0 Å². The van der Waals surface area contributed by atoms with Crippen molar-refractivity contribution in [2.45, 2.75) is 58.3 Å². The minimum atomic E-state index is 0.624. The molecule has 3 nitrogen and oxygen atoms in total. The molecular formula is C12H23N3S. The summed E-state index contributed by atoms with van der Waals surface area (Å²) >= 11 is 1.78. The summed E-state index contributed by atoms with van der Waals surface area (Å²) in [7, 11) is 0. The van der Waals surface area contributed by atoms with Crippen LogP contribution in [0.5, 0.6) is 0 Å². The lowest BCUT2D eigenvalue weighted by molar-refractivity contribution is 0.554. The number of rotatable bonds is 8. The van der Waals surface area contributed by atoms with Crippen molar-refractivity contribution in [1.29, 1.82) is 0 Å². The first-order valence-corrected chi connectivity index (χ1v) is 7.15. The smallest absolute Gasteiger partial charge is 0.120 e. The fraction of sp³-hybridized carbons (Fsp3) is 0.833. The van der Waals surface area contributed by atoms with Crippen molar-refractivity contribution in [3.05, 3.63) is 10.0 Å². The van der Waals surface area contributed by atoms with E-state index in [4.69, 9.17) is 5.73 Å². The Morgan fingerprint density at radius 2 is 1.88 bits per heavy atom. The molecule has 0 saturated carbocycles. The van der Waals surface area contributed by atoms with Gasteiger partial charge in [0.15, 0.2) is 0 Å². The van der Waals surface area contributed by atoms with Gasteiger partial charge in [-0.15, -0.1) is 21.5 Å². The quantitative estimate of drug-likeness (QED) is 0.761. The summed E-state index contributed by atoms with van der Waals surface area (Å²) in [5.41, 5.74) is 5.49. The van der Waals surface area contributed by atoms with Crippen LogP contribution in [0, 0.1) is 0 Å². The molecule has 1 aromatic rings. The molecule has 0 bridgehead atoms. The molecule has 0 amide bonds. The van der Waals surface area contributed by atoms with Gasteiger partial charge in [-0.2, -0.15) is 0 Å². The molecule has 4 heteroatoms. The first-order valence-electron chi connectivity index (χ1n) is 6.34. The van der Waals surface area contributed by atoms with Crippen LogP contribution in [0.3, 0.4) is 0 Å². The lowest BCUT2D eigenvalue weighted by Gasteiger charge is -2.10. The summed E-state index contributed by atoms with van der Waals surface area (Å²) in [5, 5.41) is 11.0. The predicted molar refractivity (Wildman–Crippen MR) is 69.8 cm³/mol. The van der Waals surface area contributed by atoms with E-state index in [9.17, 15) is 0 Å². The molecule has 16 heavy (non-hydrogen) atoms. The van der Waals surface area contributed by atoms with E-state index in [1.165, 1.54) is 30.7 Å². The summed E-state index contributed by atoms with van der Waals surface area (Å²) in [5.74, 6) is 0.624. The molecule has 0 atom stereocenters. The fourth-order valence-corrected chi connectivity index (χ4v) is 2.93. The Balaban J connectivity index is 2.58. The lowest BCUT2D eigenvalue weighted by Crippen LogP contribution is -1.99. The van der Waals surface area contributed by atoms with Crippen molar-refractivity contribution in [2.75, 3.05) is 6.54 Å². The van der Waals surface area contributed by atoms with Crippen molar-refractivity contribution >= 4 is 11.3 Å². The molecule has 92 valence electrons. The van der Waals surface area contributed by atoms with Gasteiger partial charge < -0.3 is 5.73 Å². The molecule has 2 N–H and O–H groups in total. The minimum Gasteiger partial charge on any atom is -0.330 e. The minimum absolute atomic E-state index is 0.624. The molecule has 0 aliphatic carbocycles. The number of hydrogen-bond donors (Lipinski definition) is 1. The maximum Gasteiger partial charge on any atom is 0.120 e. The summed E-state index contributed by atoms with van der Waals surface area (Å²) in [6, 6.07) is 0. The van der Waals surface area contributed by atoms with Crippen molar-refractivity contribution in [3.8, 4) is 0 Å². The Morgan fingerprint density at radius 1 is 1.19 bits per heavy atom. The fourth-order valence-electron chi connectivity index (χ4n) is 1.87. The van der Waals surface area contributed by atoms with Crippen LogP contribution in [0.15, 0.2) is 0 Å². The molecule has 0 unspecified atom stereocenters. The molecular weight excluding hydrogens is 218 g/mol. The Morgan fingerprint density at radius 3 is 2.44 bits per heavy atom. The second-order valence-corrected chi connectivity index (χ2v) is 5.29. The van der Waals surface area contributed by atoms with Crippen molar-refractivity contribution in [2.24, 2.45) is 5.73 Å². The zero-order valence-corrected chi connectivity index (χ0v) is 11.2. The Hall–Kier alpha value is -0.480. The molecule has 1 heterocycles. The number of aromatic nitrogens is 2. The largest absolute Gasteiger partial charge is 0.330 e. The van der Waals surface area contributed by atoms with Crippen molar-refractivity contribution in [3.63, 3.8) is 0 Å². The molecule has 0 radical (unpaired) electrons. The van der Waals surface area contributed by atoms with E-state index in [1.54, 1.807) is 11.3 Å². The SMILES string of the molecule is CCCC(CCC)c1nnc(CCCN)s1. The maximum absolute atomic E-state index is 5.49. The molecule has 0 saturated heterocycles. The molecule has 0 aliphatic heterocycles. The summed E-state index contributed by atoms with van der Waals surface area (Å²) in [6.45, 7) is 5.21. The Labute approximate surface area is 102 Å². The predicted octanol–water partition coefficient (Wildman–Crippen LogP) is 3.11. The summed E-state index contributed by atoms with van der Waals surface area (Å²) in [6.07, 6.45) is 6.92. The van der Waals surface area contributed by atoms with E-state index in [1.807, 2.05) is 0 Å². The average Bonchev–Trinajstić information content (AvgIpc) is 2.74. The standard InChI is InChI=1S/C12H23N3S/c1-3-6-10(7-4-2)12-15-14-11(16-12)8-5-9-13/h10H,3-9,13H2,1-2H3. The first-order chi connectivity index (χ1) is 7.81. The van der Waals surface area contributed by atoms with E-state index >= 15 is 0 Å². The van der Waals surface area contributed by atoms with E-state index in [0.29, 0.717) is 5.92 Å². The van der Waals surface area contributed by atoms with Gasteiger partial charge in [-0.3, -0.25) is 0 Å². The molecule has 0 aliphatic rings. The van der Waals surface area contributed by atoms with E-state index in [0.717, 1.165) is 24.4 Å². The molecule has 0 aromatic carbocycles. The van der Waals surface area contributed by atoms with E-state index in [2.05, 4.69) is 24.0 Å². The van der Waals surface area contributed by atoms with Crippen LogP contribution in [0.25, 0.3) is 0 Å². The van der Waals surface area contributed by atoms with Gasteiger partial charge in [0.25, 0.3) is 0 Å². The Bertz CT molecular complexity index is 280. The van der Waals surface area contributed by atoms with Crippen LogP contribution in [-0.2, 0) is 6.42 Å². The third kappa shape index (κ3) is 4.18. The van der Waals surface area contributed by atoms with Gasteiger partial charge in [0.05, 0.1) is 0 Å². The van der Waals surface area contributed by atoms with Crippen LogP contribution in [-0.4, -0.2) is 16.7 Å². The zero-order valence-electron chi connectivity index (χ0n) is 10.4. The van der Waals surface area contributed by atoms with Gasteiger partial charge in [0.1, 0.15) is 10.0 Å². The molecule has 0 spiro atoms. The number of aryl methyl sites for hydroxylation is 1. The number of hydrogen-bond acceptors (Lipinski definition) is 4. The number of nitrogens with zero attached hydrogens (tertiary/aromatic N) is 2. The van der Waals surface area contributed by atoms with Gasteiger partial charge in [0.2, 0.25) is 0 Å². The normalized spacial score (nSPS) is 11.2.